The quantitative estimate of drug-likeness (QED) is 0.0708. The SMILES string of the molecule is C=CCCCCC1(CCCCC=C)c2cc(N(c3ccccc3)c3c(C)cc(C(C)(C)C)cc3C)ccc2-c2ccc(N(c3ccccc3)c3c(C)cc(C(C)(C)C)cc3C)cc21. The molecule has 2 heteroatoms. The molecule has 1 aliphatic rings. The first-order chi connectivity index (χ1) is 30.1. The zero-order valence-electron chi connectivity index (χ0n) is 40.2. The Bertz CT molecular complexity index is 2330. The number of nitrogens with zero attached hydrogens (tertiary/aromatic N) is 2. The summed E-state index contributed by atoms with van der Waals surface area (Å²) in [5.41, 5.74) is 20.8. The Morgan fingerprint density at radius 3 is 1.11 bits per heavy atom. The summed E-state index contributed by atoms with van der Waals surface area (Å²) >= 11 is 0. The van der Waals surface area contributed by atoms with Crippen molar-refractivity contribution in [2.75, 3.05) is 9.80 Å². The molecule has 0 heterocycles. The molecule has 0 unspecified atom stereocenters. The molecule has 63 heavy (non-hydrogen) atoms. The highest BCUT2D eigenvalue weighted by Gasteiger charge is 2.43. The third kappa shape index (κ3) is 9.24. The van der Waals surface area contributed by atoms with Crippen molar-refractivity contribution in [1.82, 2.24) is 0 Å². The summed E-state index contributed by atoms with van der Waals surface area (Å²) in [7, 11) is 0. The minimum atomic E-state index is -0.176. The molecule has 0 aromatic heterocycles. The average Bonchev–Trinajstić information content (AvgIpc) is 3.51. The number of hydrogen-bond acceptors (Lipinski definition) is 2. The number of hydrogen-bond donors (Lipinski definition) is 0. The molecule has 0 fully saturated rings. The van der Waals surface area contributed by atoms with E-state index < -0.39 is 0 Å². The smallest absolute Gasteiger partial charge is 0.0520 e. The number of benzene rings is 6. The van der Waals surface area contributed by atoms with E-state index in [1.807, 2.05) is 0 Å². The molecule has 0 N–H and O–H groups in total. The third-order valence-corrected chi connectivity index (χ3v) is 13.6. The maximum atomic E-state index is 4.11. The fourth-order valence-corrected chi connectivity index (χ4v) is 10.3. The highest BCUT2D eigenvalue weighted by molar-refractivity contribution is 5.90. The van der Waals surface area contributed by atoms with Crippen molar-refractivity contribution >= 4 is 34.1 Å². The van der Waals surface area contributed by atoms with Gasteiger partial charge in [0.1, 0.15) is 0 Å². The predicted octanol–water partition coefficient (Wildman–Crippen LogP) is 18.2. The molecular weight excluding hydrogens is 761 g/mol. The molecule has 0 saturated carbocycles. The Labute approximate surface area is 381 Å². The van der Waals surface area contributed by atoms with Crippen LogP contribution in [-0.2, 0) is 16.2 Å². The minimum absolute atomic E-state index is 0.0595. The van der Waals surface area contributed by atoms with E-state index in [9.17, 15) is 0 Å². The number of para-hydroxylation sites is 2. The maximum absolute atomic E-state index is 4.11. The summed E-state index contributed by atoms with van der Waals surface area (Å²) in [5, 5.41) is 0. The van der Waals surface area contributed by atoms with E-state index >= 15 is 0 Å². The summed E-state index contributed by atoms with van der Waals surface area (Å²) in [6.07, 6.45) is 12.9. The number of unbranched alkanes of at least 4 members (excludes halogenated alkanes) is 4. The average molecular weight is 833 g/mol. The summed E-state index contributed by atoms with van der Waals surface area (Å²) in [4.78, 5) is 5.05. The summed E-state index contributed by atoms with van der Waals surface area (Å²) < 4.78 is 0. The largest absolute Gasteiger partial charge is 0.310 e. The van der Waals surface area contributed by atoms with E-state index in [-0.39, 0.29) is 16.2 Å². The van der Waals surface area contributed by atoms with Crippen molar-refractivity contribution in [3.05, 3.63) is 191 Å². The minimum Gasteiger partial charge on any atom is -0.310 e. The van der Waals surface area contributed by atoms with Crippen molar-refractivity contribution in [2.24, 2.45) is 0 Å². The molecule has 0 radical (unpaired) electrons. The normalized spacial score (nSPS) is 13.0. The second-order valence-electron chi connectivity index (χ2n) is 20.4. The molecule has 6 aromatic carbocycles. The standard InChI is InChI=1S/C61H72N2/c1-13-15-17-25-35-61(36-26-18-16-14-2)55-41-51(62(49-27-21-19-22-28-49)57-43(3)37-47(38-44(57)4)59(7,8)9)31-33-53(55)54-34-32-52(42-56(54)61)63(50-29-23-20-24-30-50)58-45(5)39-48(40-46(58)6)60(10,11)12/h13-14,19-24,27-34,37-42H,1-2,15-18,25-26,35-36H2,3-12H3. The van der Waals surface area contributed by atoms with E-state index in [2.05, 4.69) is 226 Å². The molecule has 0 bridgehead atoms. The zero-order chi connectivity index (χ0) is 45.1. The van der Waals surface area contributed by atoms with Crippen molar-refractivity contribution in [3.8, 4) is 11.1 Å². The molecule has 326 valence electrons. The van der Waals surface area contributed by atoms with Crippen LogP contribution in [0.15, 0.2) is 147 Å². The first kappa shape index (κ1) is 45.4. The number of anilines is 6. The maximum Gasteiger partial charge on any atom is 0.0520 e. The van der Waals surface area contributed by atoms with Gasteiger partial charge in [-0.2, -0.15) is 0 Å². The van der Waals surface area contributed by atoms with Gasteiger partial charge in [0.25, 0.3) is 0 Å². The van der Waals surface area contributed by atoms with Gasteiger partial charge in [0.2, 0.25) is 0 Å². The fourth-order valence-electron chi connectivity index (χ4n) is 10.3. The Morgan fingerprint density at radius 1 is 0.444 bits per heavy atom. The molecule has 7 rings (SSSR count). The van der Waals surface area contributed by atoms with Crippen LogP contribution in [0.1, 0.15) is 137 Å². The lowest BCUT2D eigenvalue weighted by Crippen LogP contribution is -2.26. The highest BCUT2D eigenvalue weighted by Crippen LogP contribution is 2.57. The van der Waals surface area contributed by atoms with E-state index in [1.165, 1.54) is 89.8 Å². The van der Waals surface area contributed by atoms with E-state index in [0.717, 1.165) is 51.4 Å². The molecule has 2 nitrogen and oxygen atoms in total. The predicted molar refractivity (Wildman–Crippen MR) is 276 cm³/mol. The number of allylic oxidation sites excluding steroid dienone is 2. The summed E-state index contributed by atoms with van der Waals surface area (Å²) in [6, 6.07) is 46.4. The molecule has 6 aromatic rings. The van der Waals surface area contributed by atoms with Crippen LogP contribution in [0.5, 0.6) is 0 Å². The lowest BCUT2D eigenvalue weighted by atomic mass is 9.70. The molecule has 0 amide bonds. The zero-order valence-corrected chi connectivity index (χ0v) is 40.2. The second kappa shape index (κ2) is 18.6. The number of fused-ring (bicyclic) bond motifs is 3. The first-order valence-corrected chi connectivity index (χ1v) is 23.5. The van der Waals surface area contributed by atoms with Gasteiger partial charge in [-0.05, 0) is 181 Å². The van der Waals surface area contributed by atoms with Crippen molar-refractivity contribution in [3.63, 3.8) is 0 Å². The Hall–Kier alpha value is -5.60. The lowest BCUT2D eigenvalue weighted by molar-refractivity contribution is 0.409. The molecule has 0 atom stereocenters. The van der Waals surface area contributed by atoms with Gasteiger partial charge in [-0.3, -0.25) is 0 Å². The molecule has 0 saturated heterocycles. The van der Waals surface area contributed by atoms with Gasteiger partial charge in [0.05, 0.1) is 11.4 Å². The van der Waals surface area contributed by atoms with E-state index in [4.69, 9.17) is 0 Å². The Morgan fingerprint density at radius 2 is 0.794 bits per heavy atom. The number of rotatable bonds is 16. The lowest BCUT2D eigenvalue weighted by Gasteiger charge is -2.36. The van der Waals surface area contributed by atoms with Crippen LogP contribution in [0.3, 0.4) is 0 Å². The number of aryl methyl sites for hydroxylation is 4. The Kier molecular flexibility index (Phi) is 13.4. The summed E-state index contributed by atoms with van der Waals surface area (Å²) in [6.45, 7) is 31.3. The van der Waals surface area contributed by atoms with Crippen LogP contribution in [0, 0.1) is 27.7 Å². The van der Waals surface area contributed by atoms with Crippen LogP contribution >= 0.6 is 0 Å². The first-order valence-electron chi connectivity index (χ1n) is 23.5. The molecule has 1 aliphatic carbocycles. The second-order valence-corrected chi connectivity index (χ2v) is 20.4. The van der Waals surface area contributed by atoms with Gasteiger partial charge < -0.3 is 9.80 Å². The van der Waals surface area contributed by atoms with Crippen molar-refractivity contribution in [2.45, 2.75) is 137 Å². The topological polar surface area (TPSA) is 6.48 Å². The molecular formula is C61H72N2. The third-order valence-electron chi connectivity index (χ3n) is 13.6. The van der Waals surface area contributed by atoms with Crippen LogP contribution in [0.2, 0.25) is 0 Å². The summed E-state index contributed by atoms with van der Waals surface area (Å²) in [5.74, 6) is 0. The van der Waals surface area contributed by atoms with Gasteiger partial charge in [-0.15, -0.1) is 13.2 Å². The van der Waals surface area contributed by atoms with Gasteiger partial charge in [0.15, 0.2) is 0 Å². The van der Waals surface area contributed by atoms with Crippen LogP contribution in [-0.4, -0.2) is 0 Å². The van der Waals surface area contributed by atoms with Crippen LogP contribution in [0.25, 0.3) is 11.1 Å². The van der Waals surface area contributed by atoms with Crippen LogP contribution in [0.4, 0.5) is 34.1 Å². The van der Waals surface area contributed by atoms with Crippen molar-refractivity contribution < 1.29 is 0 Å². The van der Waals surface area contributed by atoms with Gasteiger partial charge in [0, 0.05) is 28.2 Å². The van der Waals surface area contributed by atoms with Gasteiger partial charge in [-0.1, -0.05) is 139 Å². The Balaban J connectivity index is 1.47. The molecule has 0 spiro atoms. The molecule has 0 aliphatic heterocycles. The van der Waals surface area contributed by atoms with E-state index in [0.29, 0.717) is 0 Å². The van der Waals surface area contributed by atoms with Crippen molar-refractivity contribution in [1.29, 1.82) is 0 Å². The monoisotopic (exact) mass is 833 g/mol. The van der Waals surface area contributed by atoms with Gasteiger partial charge >= 0.3 is 0 Å². The van der Waals surface area contributed by atoms with Gasteiger partial charge in [-0.25, -0.2) is 0 Å². The highest BCUT2D eigenvalue weighted by atomic mass is 15.2. The van der Waals surface area contributed by atoms with Crippen LogP contribution < -0.4 is 9.80 Å². The van der Waals surface area contributed by atoms with E-state index in [1.54, 1.807) is 0 Å². The fraction of sp³-hybridized carbons (Fsp3) is 0.344.